The molecular weight excluding hydrogens is 674 g/mol. The van der Waals surface area contributed by atoms with Crippen LogP contribution in [0.5, 0.6) is 5.75 Å². The second kappa shape index (κ2) is 19.0. The van der Waals surface area contributed by atoms with Crippen molar-refractivity contribution in [2.45, 2.75) is 68.7 Å². The molecule has 0 aliphatic heterocycles. The second-order valence-corrected chi connectivity index (χ2v) is 12.4. The molecule has 2 aromatic heterocycles. The number of carboxylic acid groups (broad SMARTS) is 1. The number of aromatic nitrogens is 3. The van der Waals surface area contributed by atoms with E-state index in [-0.39, 0.29) is 31.4 Å². The number of para-hydroxylation sites is 1. The molecule has 2 aromatic carbocycles. The Morgan fingerprint density at radius 3 is 2.06 bits per heavy atom. The standard InChI is InChI=1S/C35H45N9O8/c36-12-4-3-7-27(35(51)52)41-32(48)28(13-20-8-10-23(46)11-9-20)43-34(50)30(18-45)44-33(49)29(14-21-16-39-26-6-2-1-5-24(21)26)42-31(47)25(37)15-22-17-38-19-40-22/h1-2,5-6,8-11,16-17,19,25,27-30,39,45-46H,3-4,7,12-15,18,36-37H2,(H,38,40)(H,41,48)(H,42,47)(H,43,50)(H,44,49)(H,51,52)/t25-,27+,28-,29-,30-/m0/s1. The van der Waals surface area contributed by atoms with E-state index in [1.54, 1.807) is 6.20 Å². The van der Waals surface area contributed by atoms with Gasteiger partial charge >= 0.3 is 5.97 Å². The van der Waals surface area contributed by atoms with Crippen molar-refractivity contribution in [2.24, 2.45) is 11.5 Å². The fourth-order valence-electron chi connectivity index (χ4n) is 5.57. The largest absolute Gasteiger partial charge is 0.508 e. The van der Waals surface area contributed by atoms with Gasteiger partial charge in [-0.3, -0.25) is 19.2 Å². The number of phenols is 1. The lowest BCUT2D eigenvalue weighted by molar-refractivity contribution is -0.142. The number of aromatic hydroxyl groups is 1. The Morgan fingerprint density at radius 2 is 1.40 bits per heavy atom. The Labute approximate surface area is 299 Å². The van der Waals surface area contributed by atoms with E-state index in [1.165, 1.54) is 36.8 Å². The van der Waals surface area contributed by atoms with Gasteiger partial charge in [-0.05, 0) is 55.1 Å². The van der Waals surface area contributed by atoms with Gasteiger partial charge in [0.15, 0.2) is 0 Å². The fourth-order valence-corrected chi connectivity index (χ4v) is 5.57. The topological polar surface area (TPSA) is 291 Å². The van der Waals surface area contributed by atoms with Gasteiger partial charge in [0.25, 0.3) is 0 Å². The average Bonchev–Trinajstić information content (AvgIpc) is 3.80. The first-order valence-corrected chi connectivity index (χ1v) is 16.8. The number of carbonyl (C=O) groups excluding carboxylic acids is 4. The summed E-state index contributed by atoms with van der Waals surface area (Å²) in [5.74, 6) is -4.53. The van der Waals surface area contributed by atoms with Crippen molar-refractivity contribution in [2.75, 3.05) is 13.2 Å². The summed E-state index contributed by atoms with van der Waals surface area (Å²) in [5.41, 5.74) is 14.3. The van der Waals surface area contributed by atoms with Crippen molar-refractivity contribution in [3.05, 3.63) is 84.1 Å². The van der Waals surface area contributed by atoms with Crippen molar-refractivity contribution >= 4 is 40.5 Å². The average molecular weight is 720 g/mol. The molecule has 0 aliphatic carbocycles. The molecule has 0 saturated carbocycles. The molecule has 0 spiro atoms. The number of H-pyrrole nitrogens is 2. The Morgan fingerprint density at radius 1 is 0.769 bits per heavy atom. The number of hydrogen-bond donors (Lipinski definition) is 11. The van der Waals surface area contributed by atoms with E-state index in [4.69, 9.17) is 11.5 Å². The predicted molar refractivity (Wildman–Crippen MR) is 189 cm³/mol. The maximum atomic E-state index is 13.8. The molecule has 13 N–H and O–H groups in total. The van der Waals surface area contributed by atoms with Crippen LogP contribution >= 0.6 is 0 Å². The highest BCUT2D eigenvalue weighted by Gasteiger charge is 2.32. The lowest BCUT2D eigenvalue weighted by Crippen LogP contribution is -2.60. The number of imidazole rings is 1. The van der Waals surface area contributed by atoms with Gasteiger partial charge in [0.1, 0.15) is 29.9 Å². The van der Waals surface area contributed by atoms with Crippen LogP contribution in [0.15, 0.2) is 67.3 Å². The quantitative estimate of drug-likeness (QED) is 0.0498. The van der Waals surface area contributed by atoms with Crippen LogP contribution in [0.1, 0.15) is 36.1 Å². The number of aliphatic hydroxyl groups excluding tert-OH is 1. The monoisotopic (exact) mass is 719 g/mol. The summed E-state index contributed by atoms with van der Waals surface area (Å²) in [6.45, 7) is -0.534. The molecule has 0 unspecified atom stereocenters. The van der Waals surface area contributed by atoms with Gasteiger partial charge in [0, 0.05) is 48.3 Å². The first-order valence-electron chi connectivity index (χ1n) is 16.8. The zero-order chi connectivity index (χ0) is 37.6. The molecule has 0 radical (unpaired) electrons. The zero-order valence-corrected chi connectivity index (χ0v) is 28.4. The van der Waals surface area contributed by atoms with Crippen LogP contribution in [-0.4, -0.2) is 103 Å². The van der Waals surface area contributed by atoms with Crippen LogP contribution in [0.2, 0.25) is 0 Å². The lowest BCUT2D eigenvalue weighted by atomic mass is 10.0. The number of aromatic amines is 2. The van der Waals surface area contributed by atoms with E-state index in [9.17, 15) is 39.3 Å². The van der Waals surface area contributed by atoms with Crippen molar-refractivity contribution in [3.63, 3.8) is 0 Å². The number of nitrogens with two attached hydrogens (primary N) is 2. The molecule has 0 bridgehead atoms. The molecule has 17 heteroatoms. The second-order valence-electron chi connectivity index (χ2n) is 12.4. The minimum atomic E-state index is -1.58. The molecule has 4 aromatic rings. The molecule has 0 fully saturated rings. The summed E-state index contributed by atoms with van der Waals surface area (Å²) in [6, 6.07) is 6.69. The number of rotatable bonds is 20. The molecule has 4 rings (SSSR count). The number of nitrogens with one attached hydrogen (secondary N) is 6. The van der Waals surface area contributed by atoms with Gasteiger partial charge in [0.05, 0.1) is 19.0 Å². The van der Waals surface area contributed by atoms with Crippen LogP contribution in [0, 0.1) is 0 Å². The van der Waals surface area contributed by atoms with Gasteiger partial charge < -0.3 is 58.0 Å². The van der Waals surface area contributed by atoms with Crippen LogP contribution in [0.25, 0.3) is 10.9 Å². The summed E-state index contributed by atoms with van der Waals surface area (Å²) in [5, 5.41) is 40.6. The third-order valence-corrected chi connectivity index (χ3v) is 8.45. The predicted octanol–water partition coefficient (Wildman–Crippen LogP) is -0.903. The molecule has 0 saturated heterocycles. The van der Waals surface area contributed by atoms with Crippen molar-refractivity contribution < 1.29 is 39.3 Å². The highest BCUT2D eigenvalue weighted by molar-refractivity contribution is 5.96. The smallest absolute Gasteiger partial charge is 0.326 e. The molecular formula is C35H45N9O8. The Balaban J connectivity index is 1.52. The minimum absolute atomic E-state index is 0.00918. The first-order chi connectivity index (χ1) is 25.0. The van der Waals surface area contributed by atoms with Gasteiger partial charge in [-0.2, -0.15) is 0 Å². The molecule has 4 amide bonds. The molecule has 17 nitrogen and oxygen atoms in total. The molecule has 2 heterocycles. The van der Waals surface area contributed by atoms with Crippen molar-refractivity contribution in [1.82, 2.24) is 36.2 Å². The zero-order valence-electron chi connectivity index (χ0n) is 28.4. The van der Waals surface area contributed by atoms with Crippen LogP contribution in [-0.2, 0) is 43.2 Å². The van der Waals surface area contributed by atoms with E-state index < -0.39 is 66.4 Å². The van der Waals surface area contributed by atoms with E-state index in [1.807, 2.05) is 24.3 Å². The number of carbonyl (C=O) groups is 5. The van der Waals surface area contributed by atoms with Gasteiger partial charge in [-0.25, -0.2) is 9.78 Å². The summed E-state index contributed by atoms with van der Waals surface area (Å²) >= 11 is 0. The number of benzene rings is 2. The van der Waals surface area contributed by atoms with E-state index >= 15 is 0 Å². The maximum Gasteiger partial charge on any atom is 0.326 e. The fraction of sp³-hybridized carbons (Fsp3) is 0.371. The number of phenolic OH excluding ortho intramolecular Hbond substituents is 1. The van der Waals surface area contributed by atoms with Gasteiger partial charge in [-0.1, -0.05) is 30.3 Å². The maximum absolute atomic E-state index is 13.8. The van der Waals surface area contributed by atoms with Gasteiger partial charge in [-0.15, -0.1) is 0 Å². The summed E-state index contributed by atoms with van der Waals surface area (Å²) in [4.78, 5) is 75.8. The highest BCUT2D eigenvalue weighted by Crippen LogP contribution is 2.19. The highest BCUT2D eigenvalue weighted by atomic mass is 16.4. The SMILES string of the molecule is NCCCC[C@@H](NC(=O)[C@H](Cc1ccc(O)cc1)NC(=O)[C@H](CO)NC(=O)[C@H](Cc1c[nH]c2ccccc12)NC(=O)[C@@H](N)Cc1cnc[nH]1)C(=O)O. The van der Waals surface area contributed by atoms with E-state index in [0.29, 0.717) is 36.2 Å². The minimum Gasteiger partial charge on any atom is -0.508 e. The molecule has 278 valence electrons. The van der Waals surface area contributed by atoms with Crippen LogP contribution < -0.4 is 32.7 Å². The molecule has 52 heavy (non-hydrogen) atoms. The molecule has 0 aliphatic rings. The summed E-state index contributed by atoms with van der Waals surface area (Å²) < 4.78 is 0. The normalized spacial score (nSPS) is 14.1. The van der Waals surface area contributed by atoms with E-state index in [2.05, 4.69) is 36.2 Å². The third-order valence-electron chi connectivity index (χ3n) is 8.45. The number of aliphatic carboxylic acids is 1. The van der Waals surface area contributed by atoms with Crippen molar-refractivity contribution in [1.29, 1.82) is 0 Å². The number of amides is 4. The summed E-state index contributed by atoms with van der Waals surface area (Å²) in [7, 11) is 0. The Kier molecular flexibility index (Phi) is 14.3. The van der Waals surface area contributed by atoms with Gasteiger partial charge in [0.2, 0.25) is 23.6 Å². The van der Waals surface area contributed by atoms with Crippen LogP contribution in [0.3, 0.4) is 0 Å². The van der Waals surface area contributed by atoms with Crippen LogP contribution in [0.4, 0.5) is 0 Å². The number of fused-ring (bicyclic) bond motifs is 1. The Bertz CT molecular complexity index is 1800. The molecule has 5 atom stereocenters. The number of unbranched alkanes of at least 4 members (excludes halogenated alkanes) is 1. The number of carboxylic acids is 1. The number of hydrogen-bond acceptors (Lipinski definition) is 10. The van der Waals surface area contributed by atoms with E-state index in [0.717, 1.165) is 10.9 Å². The number of nitrogens with zero attached hydrogens (tertiary/aromatic N) is 1. The summed E-state index contributed by atoms with van der Waals surface area (Å²) in [6.07, 6.45) is 5.72. The third kappa shape index (κ3) is 11.1. The Hall–Kier alpha value is -5.78. The lowest BCUT2D eigenvalue weighted by Gasteiger charge is -2.26. The first kappa shape index (κ1) is 39.0. The van der Waals surface area contributed by atoms with Crippen molar-refractivity contribution in [3.8, 4) is 5.75 Å². The number of aliphatic hydroxyl groups is 1.